The minimum Gasteiger partial charge on any atom is -0.485 e. The van der Waals surface area contributed by atoms with Gasteiger partial charge in [0.05, 0.1) is 11.5 Å². The molecule has 0 amide bonds. The number of aromatic nitrogens is 1. The zero-order valence-electron chi connectivity index (χ0n) is 18.5. The van der Waals surface area contributed by atoms with Crippen LogP contribution in [0.2, 0.25) is 0 Å². The summed E-state index contributed by atoms with van der Waals surface area (Å²) in [4.78, 5) is 24.7. The van der Waals surface area contributed by atoms with Crippen LogP contribution in [-0.2, 0) is 16.3 Å². The zero-order chi connectivity index (χ0) is 23.0. The Hall–Kier alpha value is -2.87. The molecule has 170 valence electrons. The Kier molecular flexibility index (Phi) is 5.99. The molecule has 1 saturated heterocycles. The molecule has 8 heteroatoms. The van der Waals surface area contributed by atoms with Crippen molar-refractivity contribution in [2.75, 3.05) is 18.1 Å². The maximum Gasteiger partial charge on any atom is 0.336 e. The molecule has 0 bridgehead atoms. The van der Waals surface area contributed by atoms with E-state index in [9.17, 15) is 18.0 Å². The largest absolute Gasteiger partial charge is 0.485 e. The van der Waals surface area contributed by atoms with Crippen LogP contribution in [0, 0.1) is 13.8 Å². The number of nitrogens with zero attached hydrogens (tertiary/aromatic N) is 1. The summed E-state index contributed by atoms with van der Waals surface area (Å²) in [6.07, 6.45) is 2.25. The van der Waals surface area contributed by atoms with Gasteiger partial charge in [-0.3, -0.25) is 4.79 Å². The van der Waals surface area contributed by atoms with Crippen molar-refractivity contribution in [3.8, 4) is 5.75 Å². The third kappa shape index (κ3) is 4.37. The van der Waals surface area contributed by atoms with E-state index in [-0.39, 0.29) is 29.9 Å². The maximum absolute atomic E-state index is 12.9. The highest BCUT2D eigenvalue weighted by molar-refractivity contribution is 7.91. The fourth-order valence-electron chi connectivity index (χ4n) is 4.60. The van der Waals surface area contributed by atoms with Crippen molar-refractivity contribution in [1.82, 2.24) is 4.57 Å². The second kappa shape index (κ2) is 8.58. The Morgan fingerprint density at radius 1 is 1.22 bits per heavy atom. The number of benzene rings is 1. The average molecular weight is 458 g/mol. The lowest BCUT2D eigenvalue weighted by Gasteiger charge is -2.16. The minimum atomic E-state index is -3.02. The van der Waals surface area contributed by atoms with Crippen molar-refractivity contribution in [1.29, 1.82) is 0 Å². The van der Waals surface area contributed by atoms with Crippen LogP contribution in [0.15, 0.2) is 39.5 Å². The molecule has 7 nitrogen and oxygen atoms in total. The fraction of sp³-hybridized carbons (Fsp3) is 0.417. The summed E-state index contributed by atoms with van der Waals surface area (Å²) in [6.45, 7) is 5.60. The third-order valence-corrected chi connectivity index (χ3v) is 7.80. The molecule has 1 aliphatic heterocycles. The molecule has 1 fully saturated rings. The monoisotopic (exact) mass is 457 g/mol. The van der Waals surface area contributed by atoms with Crippen LogP contribution in [-0.4, -0.2) is 36.9 Å². The summed E-state index contributed by atoms with van der Waals surface area (Å²) in [7, 11) is -3.02. The number of aryl methyl sites for hydroxylation is 2. The Morgan fingerprint density at radius 3 is 2.69 bits per heavy atom. The number of ketones is 1. The van der Waals surface area contributed by atoms with Gasteiger partial charge >= 0.3 is 5.63 Å². The molecule has 1 aliphatic rings. The SMILES string of the molecule is CCCc1cc(=O)oc2cc(OCC(=O)c3cc(C)n([C@@H]4CCS(=O)(=O)C4)c3C)ccc12. The molecule has 32 heavy (non-hydrogen) atoms. The predicted octanol–water partition coefficient (Wildman–Crippen LogP) is 3.79. The molecule has 1 aromatic carbocycles. The van der Waals surface area contributed by atoms with Crippen LogP contribution in [0.25, 0.3) is 11.0 Å². The highest BCUT2D eigenvalue weighted by Crippen LogP contribution is 2.29. The standard InChI is InChI=1S/C24H27NO6S/c1-4-5-17-11-24(27)31-23-12-19(6-7-20(17)23)30-13-22(26)21-10-15(2)25(16(21)3)18-8-9-32(28,29)14-18/h6-7,10-12,18H,4-5,8-9,13-14H2,1-3H3/t18-/m1/s1. The van der Waals surface area contributed by atoms with Gasteiger partial charge in [-0.2, -0.15) is 0 Å². The van der Waals surface area contributed by atoms with E-state index in [1.54, 1.807) is 18.2 Å². The van der Waals surface area contributed by atoms with E-state index in [1.807, 2.05) is 31.4 Å². The van der Waals surface area contributed by atoms with Gasteiger partial charge in [0.25, 0.3) is 0 Å². The van der Waals surface area contributed by atoms with Crippen LogP contribution in [0.3, 0.4) is 0 Å². The van der Waals surface area contributed by atoms with Crippen LogP contribution in [0.1, 0.15) is 53.1 Å². The van der Waals surface area contributed by atoms with Gasteiger partial charge in [0.2, 0.25) is 5.78 Å². The highest BCUT2D eigenvalue weighted by atomic mass is 32.2. The Balaban J connectivity index is 1.52. The van der Waals surface area contributed by atoms with Gasteiger partial charge in [0.15, 0.2) is 16.4 Å². The first-order valence-electron chi connectivity index (χ1n) is 10.8. The van der Waals surface area contributed by atoms with E-state index in [0.29, 0.717) is 23.3 Å². The Morgan fingerprint density at radius 2 is 2.00 bits per heavy atom. The quantitative estimate of drug-likeness (QED) is 0.396. The molecule has 3 heterocycles. The van der Waals surface area contributed by atoms with Gasteiger partial charge in [-0.05, 0) is 50.5 Å². The van der Waals surface area contributed by atoms with Crippen molar-refractivity contribution < 1.29 is 22.4 Å². The van der Waals surface area contributed by atoms with Crippen LogP contribution in [0.5, 0.6) is 5.75 Å². The first kappa shape index (κ1) is 22.3. The van der Waals surface area contributed by atoms with E-state index in [4.69, 9.17) is 9.15 Å². The molecule has 2 aromatic heterocycles. The number of rotatable bonds is 7. The predicted molar refractivity (Wildman–Crippen MR) is 123 cm³/mol. The summed E-state index contributed by atoms with van der Waals surface area (Å²) in [5.41, 5.74) is 3.12. The lowest BCUT2D eigenvalue weighted by atomic mass is 10.1. The summed E-state index contributed by atoms with van der Waals surface area (Å²) >= 11 is 0. The van der Waals surface area contributed by atoms with Crippen LogP contribution >= 0.6 is 0 Å². The molecule has 1 atom stereocenters. The number of carbonyl (C=O) groups excluding carboxylic acids is 1. The van der Waals surface area contributed by atoms with Crippen molar-refractivity contribution in [3.05, 3.63) is 63.3 Å². The van der Waals surface area contributed by atoms with E-state index < -0.39 is 15.5 Å². The topological polar surface area (TPSA) is 95.6 Å². The number of Topliss-reactive ketones (excluding diaryl/α,β-unsaturated/α-hetero) is 1. The van der Waals surface area contributed by atoms with Gasteiger partial charge in [-0.15, -0.1) is 0 Å². The normalized spacial score (nSPS) is 17.7. The Bertz CT molecular complexity index is 1350. The van der Waals surface area contributed by atoms with Crippen molar-refractivity contribution in [2.24, 2.45) is 0 Å². The molecule has 0 spiro atoms. The summed E-state index contributed by atoms with van der Waals surface area (Å²) in [5.74, 6) is 0.541. The third-order valence-electron chi connectivity index (χ3n) is 6.05. The number of hydrogen-bond acceptors (Lipinski definition) is 6. The number of hydrogen-bond donors (Lipinski definition) is 0. The maximum atomic E-state index is 12.9. The number of fused-ring (bicyclic) bond motifs is 1. The molecule has 3 aromatic rings. The summed E-state index contributed by atoms with van der Waals surface area (Å²) in [5, 5.41) is 0.861. The molecular formula is C24H27NO6S. The second-order valence-electron chi connectivity index (χ2n) is 8.42. The molecular weight excluding hydrogens is 430 g/mol. The van der Waals surface area contributed by atoms with Crippen molar-refractivity contribution in [3.63, 3.8) is 0 Å². The van der Waals surface area contributed by atoms with Crippen LogP contribution < -0.4 is 10.4 Å². The fourth-order valence-corrected chi connectivity index (χ4v) is 6.30. The first-order valence-corrected chi connectivity index (χ1v) is 12.6. The van der Waals surface area contributed by atoms with E-state index in [2.05, 4.69) is 0 Å². The summed E-state index contributed by atoms with van der Waals surface area (Å²) in [6, 6.07) is 8.42. The summed E-state index contributed by atoms with van der Waals surface area (Å²) < 4.78 is 36.8. The Labute approximate surface area is 186 Å². The lowest BCUT2D eigenvalue weighted by Crippen LogP contribution is -2.16. The zero-order valence-corrected chi connectivity index (χ0v) is 19.3. The van der Waals surface area contributed by atoms with Crippen molar-refractivity contribution in [2.45, 2.75) is 46.1 Å². The minimum absolute atomic E-state index is 0.107. The average Bonchev–Trinajstić information content (AvgIpc) is 3.23. The number of ether oxygens (including phenoxy) is 1. The number of sulfone groups is 1. The van der Waals surface area contributed by atoms with Gasteiger partial charge < -0.3 is 13.7 Å². The van der Waals surface area contributed by atoms with E-state index >= 15 is 0 Å². The van der Waals surface area contributed by atoms with Crippen molar-refractivity contribution >= 4 is 26.6 Å². The molecule has 4 rings (SSSR count). The lowest BCUT2D eigenvalue weighted by molar-refractivity contribution is 0.0920. The smallest absolute Gasteiger partial charge is 0.336 e. The first-order chi connectivity index (χ1) is 15.2. The molecule has 0 saturated carbocycles. The van der Waals surface area contributed by atoms with E-state index in [0.717, 1.165) is 35.2 Å². The molecule has 0 aliphatic carbocycles. The second-order valence-corrected chi connectivity index (χ2v) is 10.7. The molecule has 0 radical (unpaired) electrons. The van der Waals surface area contributed by atoms with Crippen LogP contribution in [0.4, 0.5) is 0 Å². The number of carbonyl (C=O) groups is 1. The van der Waals surface area contributed by atoms with E-state index in [1.165, 1.54) is 6.07 Å². The van der Waals surface area contributed by atoms with Gasteiger partial charge in [-0.25, -0.2) is 13.2 Å². The van der Waals surface area contributed by atoms with Gasteiger partial charge in [0, 0.05) is 40.5 Å². The molecule has 0 unspecified atom stereocenters. The highest BCUT2D eigenvalue weighted by Gasteiger charge is 2.31. The van der Waals surface area contributed by atoms with Gasteiger partial charge in [-0.1, -0.05) is 13.3 Å². The molecule has 0 N–H and O–H groups in total. The van der Waals surface area contributed by atoms with Gasteiger partial charge in [0.1, 0.15) is 11.3 Å².